The Morgan fingerprint density at radius 1 is 1.18 bits per heavy atom. The van der Waals surface area contributed by atoms with Crippen LogP contribution in [0.4, 0.5) is 0 Å². The van der Waals surface area contributed by atoms with E-state index in [-0.39, 0.29) is 48.9 Å². The first-order chi connectivity index (χ1) is 18.9. The van der Waals surface area contributed by atoms with Gasteiger partial charge in [-0.3, -0.25) is 9.59 Å². The first-order valence-corrected chi connectivity index (χ1v) is 13.2. The van der Waals surface area contributed by atoms with Crippen LogP contribution in [0.3, 0.4) is 0 Å². The van der Waals surface area contributed by atoms with Gasteiger partial charge in [-0.25, -0.2) is 4.79 Å². The number of esters is 1. The van der Waals surface area contributed by atoms with Gasteiger partial charge in [0.1, 0.15) is 42.0 Å². The Hall–Kier alpha value is -3.25. The maximum Gasteiger partial charge on any atom is 0.342 e. The molecule has 0 bridgehead atoms. The highest BCUT2D eigenvalue weighted by atomic mass is 16.8. The smallest absolute Gasteiger partial charge is 0.342 e. The van der Waals surface area contributed by atoms with Crippen molar-refractivity contribution in [2.24, 2.45) is 5.92 Å². The number of amides is 1. The number of nitrogens with one attached hydrogen (secondary N) is 1. The van der Waals surface area contributed by atoms with E-state index in [1.807, 2.05) is 6.92 Å². The molecule has 40 heavy (non-hydrogen) atoms. The van der Waals surface area contributed by atoms with E-state index >= 15 is 0 Å². The second-order valence-corrected chi connectivity index (χ2v) is 10.3. The van der Waals surface area contributed by atoms with Crippen molar-refractivity contribution >= 4 is 23.7 Å². The molecule has 2 aliphatic heterocycles. The molecule has 2 heterocycles. The minimum atomic E-state index is -0.964. The van der Waals surface area contributed by atoms with Gasteiger partial charge in [0, 0.05) is 32.6 Å². The summed E-state index contributed by atoms with van der Waals surface area (Å²) in [5.74, 6) is -1.86. The Balaban J connectivity index is 2.00. The lowest BCUT2D eigenvalue weighted by Crippen LogP contribution is -2.33. The van der Waals surface area contributed by atoms with Gasteiger partial charge in [-0.05, 0) is 44.9 Å². The lowest BCUT2D eigenvalue weighted by atomic mass is 9.99. The number of carbonyl (C=O) groups excluding carboxylic acids is 3. The van der Waals surface area contributed by atoms with Gasteiger partial charge in [0.2, 0.25) is 5.91 Å². The maximum absolute atomic E-state index is 13.4. The summed E-state index contributed by atoms with van der Waals surface area (Å²) >= 11 is 0. The average molecular weight is 562 g/mol. The number of hydrogen-bond acceptors (Lipinski definition) is 10. The topological polar surface area (TPSA) is 139 Å². The Labute approximate surface area is 234 Å². The molecule has 3 unspecified atom stereocenters. The summed E-state index contributed by atoms with van der Waals surface area (Å²) in [5, 5.41) is 12.7. The molecule has 0 radical (unpaired) electrons. The van der Waals surface area contributed by atoms with Crippen molar-refractivity contribution in [3.63, 3.8) is 0 Å². The molecule has 0 spiro atoms. The van der Waals surface area contributed by atoms with Crippen LogP contribution in [0.2, 0.25) is 0 Å². The first-order valence-electron chi connectivity index (χ1n) is 13.2. The molecule has 5 atom stereocenters. The number of ketones is 1. The lowest BCUT2D eigenvalue weighted by Gasteiger charge is -2.21. The summed E-state index contributed by atoms with van der Waals surface area (Å²) in [6.07, 6.45) is 4.09. The van der Waals surface area contributed by atoms with Crippen LogP contribution in [0.15, 0.2) is 30.4 Å². The van der Waals surface area contributed by atoms with Crippen molar-refractivity contribution < 1.29 is 47.9 Å². The monoisotopic (exact) mass is 561 g/mol. The van der Waals surface area contributed by atoms with Gasteiger partial charge in [0.25, 0.3) is 0 Å². The van der Waals surface area contributed by atoms with E-state index in [1.54, 1.807) is 45.1 Å². The van der Waals surface area contributed by atoms with Crippen molar-refractivity contribution in [3.05, 3.63) is 41.5 Å². The van der Waals surface area contributed by atoms with Gasteiger partial charge in [-0.15, -0.1) is 0 Å². The summed E-state index contributed by atoms with van der Waals surface area (Å²) in [5.41, 5.74) is 0.592. The summed E-state index contributed by atoms with van der Waals surface area (Å²) in [6, 6.07) is 3.14. The Morgan fingerprint density at radius 3 is 2.62 bits per heavy atom. The summed E-state index contributed by atoms with van der Waals surface area (Å²) in [6.45, 7) is 8.20. The van der Waals surface area contributed by atoms with Crippen molar-refractivity contribution in [1.82, 2.24) is 5.32 Å². The summed E-state index contributed by atoms with van der Waals surface area (Å²) < 4.78 is 34.2. The fourth-order valence-corrected chi connectivity index (χ4v) is 4.20. The number of benzene rings is 1. The van der Waals surface area contributed by atoms with Gasteiger partial charge < -0.3 is 38.8 Å². The normalized spacial score (nSPS) is 26.9. The largest absolute Gasteiger partial charge is 0.491 e. The van der Waals surface area contributed by atoms with E-state index in [0.29, 0.717) is 17.7 Å². The van der Waals surface area contributed by atoms with Crippen molar-refractivity contribution in [2.75, 3.05) is 27.1 Å². The van der Waals surface area contributed by atoms with Crippen molar-refractivity contribution in [3.8, 4) is 11.5 Å². The number of methoxy groups -OCH3 is 1. The van der Waals surface area contributed by atoms with Crippen molar-refractivity contribution in [1.29, 1.82) is 0 Å². The zero-order valence-electron chi connectivity index (χ0n) is 23.8. The van der Waals surface area contributed by atoms with Crippen LogP contribution >= 0.6 is 0 Å². The van der Waals surface area contributed by atoms with Gasteiger partial charge in [0.05, 0.1) is 6.10 Å². The van der Waals surface area contributed by atoms with Gasteiger partial charge in [-0.1, -0.05) is 25.2 Å². The molecular formula is C29H39NO10. The quantitative estimate of drug-likeness (QED) is 0.360. The Bertz CT molecular complexity index is 1130. The zero-order valence-corrected chi connectivity index (χ0v) is 23.8. The lowest BCUT2D eigenvalue weighted by molar-refractivity contribution is -0.152. The summed E-state index contributed by atoms with van der Waals surface area (Å²) in [7, 11) is 1.45. The van der Waals surface area contributed by atoms with Crippen LogP contribution in [0.25, 0.3) is 6.08 Å². The summed E-state index contributed by atoms with van der Waals surface area (Å²) in [4.78, 5) is 37.5. The van der Waals surface area contributed by atoms with Crippen LogP contribution in [0, 0.1) is 5.92 Å². The highest BCUT2D eigenvalue weighted by Crippen LogP contribution is 2.34. The van der Waals surface area contributed by atoms with E-state index < -0.39 is 36.2 Å². The standard InChI is InChI=1S/C29H39NO10/c1-17-10-11-23(33)27-24(39-29(4,5)40-27)9-7-8-20-12-22(36-15-21(32)14-30-19(3)31)13-25(37-16-35-6)26(20)28(34)38-18(17)2/h7-8,10-13,17-18,21,24,27,32H,9,14-16H2,1-6H3,(H,30,31)/b8-7+,11-10-/t17-,18+,21?,24?,27?/m1/s1. The number of carbonyl (C=O) groups is 3. The van der Waals surface area contributed by atoms with E-state index in [2.05, 4.69) is 5.32 Å². The molecule has 2 N–H and O–H groups in total. The molecule has 2 aliphatic rings. The van der Waals surface area contributed by atoms with Crippen LogP contribution in [0.5, 0.6) is 11.5 Å². The van der Waals surface area contributed by atoms with Crippen LogP contribution in [-0.2, 0) is 28.5 Å². The molecule has 0 aromatic heterocycles. The molecular weight excluding hydrogens is 522 g/mol. The van der Waals surface area contributed by atoms with E-state index in [9.17, 15) is 19.5 Å². The Morgan fingerprint density at radius 2 is 1.93 bits per heavy atom. The number of ether oxygens (including phenoxy) is 6. The second kappa shape index (κ2) is 13.9. The highest BCUT2D eigenvalue weighted by Gasteiger charge is 2.43. The molecule has 1 amide bonds. The molecule has 1 fully saturated rings. The van der Waals surface area contributed by atoms with Gasteiger partial charge in [0.15, 0.2) is 18.4 Å². The van der Waals surface area contributed by atoms with Crippen LogP contribution in [-0.4, -0.2) is 80.0 Å². The minimum absolute atomic E-state index is 0.0176. The number of aliphatic hydroxyl groups is 1. The van der Waals surface area contributed by atoms with Crippen LogP contribution < -0.4 is 14.8 Å². The Kier molecular flexibility index (Phi) is 10.9. The molecule has 1 aromatic carbocycles. The van der Waals surface area contributed by atoms with Gasteiger partial charge >= 0.3 is 5.97 Å². The van der Waals surface area contributed by atoms with Gasteiger partial charge in [-0.2, -0.15) is 0 Å². The molecule has 1 saturated heterocycles. The zero-order chi connectivity index (χ0) is 29.4. The molecule has 11 nitrogen and oxygen atoms in total. The SMILES string of the molecule is COCOc1cc(OCC(O)CNC(C)=O)cc2c1C(=O)O[C@@H](C)[C@H](C)/C=C\C(=O)C1OC(C)(C)OC1C/C=C/2. The molecule has 0 saturated carbocycles. The van der Waals surface area contributed by atoms with Crippen LogP contribution in [0.1, 0.15) is 57.0 Å². The molecule has 11 heteroatoms. The average Bonchev–Trinajstić information content (AvgIpc) is 3.21. The molecule has 0 aliphatic carbocycles. The number of rotatable bonds is 8. The van der Waals surface area contributed by atoms with E-state index in [4.69, 9.17) is 28.4 Å². The number of hydrogen-bond donors (Lipinski definition) is 2. The predicted octanol–water partition coefficient (Wildman–Crippen LogP) is 2.79. The third-order valence-electron chi connectivity index (χ3n) is 6.40. The van der Waals surface area contributed by atoms with E-state index in [0.717, 1.165) is 0 Å². The molecule has 3 rings (SSSR count). The molecule has 220 valence electrons. The second-order valence-electron chi connectivity index (χ2n) is 10.3. The maximum atomic E-state index is 13.4. The minimum Gasteiger partial charge on any atom is -0.491 e. The number of aliphatic hydroxyl groups excluding tert-OH is 1. The third kappa shape index (κ3) is 8.62. The molecule has 1 aromatic rings. The van der Waals surface area contributed by atoms with Crippen molar-refractivity contribution in [2.45, 2.75) is 71.2 Å². The number of fused-ring (bicyclic) bond motifs is 2. The predicted molar refractivity (Wildman–Crippen MR) is 145 cm³/mol. The highest BCUT2D eigenvalue weighted by molar-refractivity contribution is 5.97. The third-order valence-corrected chi connectivity index (χ3v) is 6.40. The first kappa shape index (κ1) is 31.3. The fourth-order valence-electron chi connectivity index (χ4n) is 4.20. The number of cyclic esters (lactones) is 1. The van der Waals surface area contributed by atoms with E-state index in [1.165, 1.54) is 26.2 Å². The fraction of sp³-hybridized carbons (Fsp3) is 0.552.